The number of alkyl halides is 3. The summed E-state index contributed by atoms with van der Waals surface area (Å²) >= 11 is 0. The van der Waals surface area contributed by atoms with Crippen molar-refractivity contribution in [3.8, 4) is 5.75 Å². The maximum atomic E-state index is 12.4. The number of rotatable bonds is 4. The minimum atomic E-state index is -4.37. The van der Waals surface area contributed by atoms with Gasteiger partial charge in [-0.1, -0.05) is 0 Å². The summed E-state index contributed by atoms with van der Waals surface area (Å²) in [4.78, 5) is 13.8. The number of nitrogens with zero attached hydrogens (tertiary/aromatic N) is 1. The Labute approximate surface area is 127 Å². The van der Waals surface area contributed by atoms with E-state index in [-0.39, 0.29) is 24.3 Å². The number of nitrogens with one attached hydrogen (secondary N) is 1. The Kier molecular flexibility index (Phi) is 5.28. The lowest BCUT2D eigenvalue weighted by Gasteiger charge is -2.32. The first-order valence-corrected chi connectivity index (χ1v) is 7.15. The summed E-state index contributed by atoms with van der Waals surface area (Å²) in [5.41, 5.74) is -0.737. The van der Waals surface area contributed by atoms with Crippen LogP contribution >= 0.6 is 0 Å². The lowest BCUT2D eigenvalue weighted by Crippen LogP contribution is -2.48. The molecule has 22 heavy (non-hydrogen) atoms. The second-order valence-electron chi connectivity index (χ2n) is 5.28. The second kappa shape index (κ2) is 7.00. The fourth-order valence-corrected chi connectivity index (χ4v) is 2.42. The van der Waals surface area contributed by atoms with E-state index in [2.05, 4.69) is 5.32 Å². The van der Waals surface area contributed by atoms with E-state index in [1.165, 1.54) is 12.1 Å². The molecule has 1 unspecified atom stereocenters. The van der Waals surface area contributed by atoms with E-state index in [9.17, 15) is 18.0 Å². The zero-order chi connectivity index (χ0) is 16.2. The van der Waals surface area contributed by atoms with Crippen molar-refractivity contribution in [1.29, 1.82) is 0 Å². The molecule has 7 heteroatoms. The average molecular weight is 316 g/mol. The van der Waals surface area contributed by atoms with Gasteiger partial charge < -0.3 is 15.0 Å². The number of ether oxygens (including phenoxy) is 1. The smallest absolute Gasteiger partial charge is 0.416 e. The molecular formula is C15H19F3N2O2. The first kappa shape index (κ1) is 16.6. The number of piperidine rings is 1. The molecule has 0 radical (unpaired) electrons. The highest BCUT2D eigenvalue weighted by Crippen LogP contribution is 2.30. The van der Waals surface area contributed by atoms with Gasteiger partial charge in [-0.05, 0) is 44.2 Å². The molecule has 1 aromatic carbocycles. The largest absolute Gasteiger partial charge is 0.484 e. The van der Waals surface area contributed by atoms with E-state index in [1.54, 1.807) is 4.90 Å². The van der Waals surface area contributed by atoms with Crippen LogP contribution in [-0.2, 0) is 11.0 Å². The van der Waals surface area contributed by atoms with Crippen LogP contribution in [0.1, 0.15) is 18.4 Å². The molecule has 0 bridgehead atoms. The van der Waals surface area contributed by atoms with Crippen LogP contribution in [0.25, 0.3) is 0 Å². The lowest BCUT2D eigenvalue weighted by molar-refractivity contribution is -0.138. The van der Waals surface area contributed by atoms with Crippen LogP contribution in [-0.4, -0.2) is 43.6 Å². The van der Waals surface area contributed by atoms with Crippen molar-refractivity contribution in [3.05, 3.63) is 29.8 Å². The SMILES string of the molecule is CNC1CCCN(C(=O)COc2ccc(C(F)(F)F)cc2)C1. The highest BCUT2D eigenvalue weighted by atomic mass is 19.4. The minimum Gasteiger partial charge on any atom is -0.484 e. The maximum Gasteiger partial charge on any atom is 0.416 e. The molecule has 2 rings (SSSR count). The molecule has 1 aromatic rings. The second-order valence-corrected chi connectivity index (χ2v) is 5.28. The van der Waals surface area contributed by atoms with Crippen LogP contribution in [0.15, 0.2) is 24.3 Å². The Morgan fingerprint density at radius 3 is 2.64 bits per heavy atom. The predicted octanol–water partition coefficient (Wildman–Crippen LogP) is 2.29. The van der Waals surface area contributed by atoms with Gasteiger partial charge in [0.15, 0.2) is 6.61 Å². The third kappa shape index (κ3) is 4.37. The van der Waals surface area contributed by atoms with Gasteiger partial charge in [-0.3, -0.25) is 4.79 Å². The van der Waals surface area contributed by atoms with Crippen molar-refractivity contribution in [2.45, 2.75) is 25.1 Å². The summed E-state index contributed by atoms with van der Waals surface area (Å²) in [6, 6.07) is 4.62. The Bertz CT molecular complexity index is 503. The molecule has 1 saturated heterocycles. The van der Waals surface area contributed by atoms with Gasteiger partial charge in [-0.15, -0.1) is 0 Å². The third-order valence-electron chi connectivity index (χ3n) is 3.73. The number of amides is 1. The molecule has 1 amide bonds. The Balaban J connectivity index is 1.86. The fraction of sp³-hybridized carbons (Fsp3) is 0.533. The fourth-order valence-electron chi connectivity index (χ4n) is 2.42. The van der Waals surface area contributed by atoms with E-state index in [1.807, 2.05) is 7.05 Å². The topological polar surface area (TPSA) is 41.6 Å². The Morgan fingerprint density at radius 1 is 1.36 bits per heavy atom. The Morgan fingerprint density at radius 2 is 2.05 bits per heavy atom. The molecule has 1 atom stereocenters. The number of halogens is 3. The number of likely N-dealkylation sites (N-methyl/N-ethyl adjacent to an activating group) is 1. The first-order valence-electron chi connectivity index (χ1n) is 7.15. The van der Waals surface area contributed by atoms with Crippen molar-refractivity contribution in [2.24, 2.45) is 0 Å². The summed E-state index contributed by atoms with van der Waals surface area (Å²) in [5.74, 6) is 0.100. The van der Waals surface area contributed by atoms with E-state index < -0.39 is 11.7 Å². The van der Waals surface area contributed by atoms with Gasteiger partial charge in [0, 0.05) is 19.1 Å². The van der Waals surface area contributed by atoms with Crippen LogP contribution in [0.3, 0.4) is 0 Å². The van der Waals surface area contributed by atoms with E-state index >= 15 is 0 Å². The number of hydrogen-bond acceptors (Lipinski definition) is 3. The van der Waals surface area contributed by atoms with E-state index in [0.717, 1.165) is 25.0 Å². The summed E-state index contributed by atoms with van der Waals surface area (Å²) in [6.45, 7) is 1.15. The maximum absolute atomic E-state index is 12.4. The lowest BCUT2D eigenvalue weighted by atomic mass is 10.1. The number of carbonyl (C=O) groups is 1. The molecule has 1 N–H and O–H groups in total. The van der Waals surface area contributed by atoms with Crippen LogP contribution in [0.2, 0.25) is 0 Å². The van der Waals surface area contributed by atoms with E-state index in [4.69, 9.17) is 4.74 Å². The number of hydrogen-bond donors (Lipinski definition) is 1. The molecule has 0 aliphatic carbocycles. The molecular weight excluding hydrogens is 297 g/mol. The molecule has 0 spiro atoms. The van der Waals surface area contributed by atoms with Crippen molar-refractivity contribution >= 4 is 5.91 Å². The van der Waals surface area contributed by atoms with Crippen LogP contribution < -0.4 is 10.1 Å². The van der Waals surface area contributed by atoms with Gasteiger partial charge in [0.2, 0.25) is 0 Å². The quantitative estimate of drug-likeness (QED) is 0.927. The number of carbonyl (C=O) groups excluding carboxylic acids is 1. The van der Waals surface area contributed by atoms with Crippen LogP contribution in [0, 0.1) is 0 Å². The highest BCUT2D eigenvalue weighted by Gasteiger charge is 2.30. The van der Waals surface area contributed by atoms with Crippen LogP contribution in [0.5, 0.6) is 5.75 Å². The minimum absolute atomic E-state index is 0.153. The molecule has 0 saturated carbocycles. The number of benzene rings is 1. The summed E-state index contributed by atoms with van der Waals surface area (Å²) in [6.07, 6.45) is -2.41. The summed E-state index contributed by atoms with van der Waals surface area (Å²) in [5, 5.41) is 3.14. The molecule has 122 valence electrons. The van der Waals surface area contributed by atoms with Crippen molar-refractivity contribution in [2.75, 3.05) is 26.7 Å². The summed E-state index contributed by atoms with van der Waals surface area (Å²) in [7, 11) is 1.86. The third-order valence-corrected chi connectivity index (χ3v) is 3.73. The number of likely N-dealkylation sites (tertiary alicyclic amines) is 1. The van der Waals surface area contributed by atoms with Crippen molar-refractivity contribution in [3.63, 3.8) is 0 Å². The van der Waals surface area contributed by atoms with Crippen molar-refractivity contribution in [1.82, 2.24) is 10.2 Å². The first-order chi connectivity index (χ1) is 10.4. The van der Waals surface area contributed by atoms with Gasteiger partial charge in [-0.25, -0.2) is 0 Å². The van der Waals surface area contributed by atoms with E-state index in [0.29, 0.717) is 13.1 Å². The zero-order valence-electron chi connectivity index (χ0n) is 12.3. The summed E-state index contributed by atoms with van der Waals surface area (Å²) < 4.78 is 42.6. The van der Waals surface area contributed by atoms with Crippen molar-refractivity contribution < 1.29 is 22.7 Å². The van der Waals surface area contributed by atoms with Gasteiger partial charge in [0.05, 0.1) is 5.56 Å². The average Bonchev–Trinajstić information content (AvgIpc) is 2.52. The molecule has 1 aliphatic heterocycles. The van der Waals surface area contributed by atoms with Gasteiger partial charge in [0.1, 0.15) is 5.75 Å². The highest BCUT2D eigenvalue weighted by molar-refractivity contribution is 5.77. The van der Waals surface area contributed by atoms with Gasteiger partial charge in [-0.2, -0.15) is 13.2 Å². The Hall–Kier alpha value is -1.76. The van der Waals surface area contributed by atoms with Gasteiger partial charge in [0.25, 0.3) is 5.91 Å². The normalized spacial score (nSPS) is 19.1. The molecule has 1 aliphatic rings. The molecule has 1 fully saturated rings. The van der Waals surface area contributed by atoms with Crippen LogP contribution in [0.4, 0.5) is 13.2 Å². The zero-order valence-corrected chi connectivity index (χ0v) is 12.3. The standard InChI is InChI=1S/C15H19F3N2O2/c1-19-12-3-2-8-20(9-12)14(21)10-22-13-6-4-11(5-7-13)15(16,17)18/h4-7,12,19H,2-3,8-10H2,1H3. The molecule has 0 aromatic heterocycles. The monoisotopic (exact) mass is 316 g/mol. The molecule has 4 nitrogen and oxygen atoms in total. The predicted molar refractivity (Wildman–Crippen MR) is 75.6 cm³/mol. The van der Waals surface area contributed by atoms with Gasteiger partial charge >= 0.3 is 6.18 Å². The molecule has 1 heterocycles.